The summed E-state index contributed by atoms with van der Waals surface area (Å²) in [6.45, 7) is 8.50. The van der Waals surface area contributed by atoms with Crippen molar-refractivity contribution in [1.29, 1.82) is 0 Å². The highest BCUT2D eigenvalue weighted by Crippen LogP contribution is 2.05. The third-order valence-electron chi connectivity index (χ3n) is 2.25. The first kappa shape index (κ1) is 12.1. The third kappa shape index (κ3) is 3.60. The van der Waals surface area contributed by atoms with Crippen LogP contribution in [0.3, 0.4) is 0 Å². The van der Waals surface area contributed by atoms with Crippen LogP contribution in [0.4, 0.5) is 0 Å². The van der Waals surface area contributed by atoms with E-state index in [9.17, 15) is 0 Å². The molecule has 1 aromatic rings. The number of aryl methyl sites for hydroxylation is 2. The van der Waals surface area contributed by atoms with Crippen LogP contribution in [0.5, 0.6) is 0 Å². The maximum absolute atomic E-state index is 4.96. The lowest BCUT2D eigenvalue weighted by Crippen LogP contribution is -2.27. The molecule has 5 nitrogen and oxygen atoms in total. The predicted molar refractivity (Wildman–Crippen MR) is 59.0 cm³/mol. The molecule has 0 aliphatic rings. The van der Waals surface area contributed by atoms with Crippen LogP contribution in [0.25, 0.3) is 0 Å². The fraction of sp³-hybridized carbons (Fsp3) is 0.800. The first-order valence-electron chi connectivity index (χ1n) is 5.24. The van der Waals surface area contributed by atoms with Gasteiger partial charge in [0.15, 0.2) is 0 Å². The summed E-state index contributed by atoms with van der Waals surface area (Å²) in [4.78, 5) is 4.28. The molecule has 0 amide bonds. The zero-order valence-electron chi connectivity index (χ0n) is 9.95. The van der Waals surface area contributed by atoms with Gasteiger partial charge in [0.1, 0.15) is 11.6 Å². The van der Waals surface area contributed by atoms with E-state index in [-0.39, 0.29) is 0 Å². The van der Waals surface area contributed by atoms with Crippen LogP contribution in [0.2, 0.25) is 0 Å². The molecule has 0 aromatic carbocycles. The average molecular weight is 212 g/mol. The molecule has 0 saturated heterocycles. The van der Waals surface area contributed by atoms with E-state index in [1.807, 2.05) is 18.5 Å². The van der Waals surface area contributed by atoms with Crippen LogP contribution in [0, 0.1) is 13.8 Å². The first-order valence-corrected chi connectivity index (χ1v) is 5.24. The lowest BCUT2D eigenvalue weighted by molar-refractivity contribution is 0.198. The van der Waals surface area contributed by atoms with Crippen molar-refractivity contribution in [2.24, 2.45) is 0 Å². The van der Waals surface area contributed by atoms with Gasteiger partial charge in [-0.25, -0.2) is 9.67 Å². The Morgan fingerprint density at radius 2 is 2.20 bits per heavy atom. The number of nitrogens with zero attached hydrogens (tertiary/aromatic N) is 3. The third-order valence-corrected chi connectivity index (χ3v) is 2.25. The van der Waals surface area contributed by atoms with Gasteiger partial charge in [0, 0.05) is 20.2 Å². The van der Waals surface area contributed by atoms with E-state index >= 15 is 0 Å². The second-order valence-electron chi connectivity index (χ2n) is 3.70. The number of hydrogen-bond acceptors (Lipinski definition) is 4. The van der Waals surface area contributed by atoms with Crippen molar-refractivity contribution in [3.63, 3.8) is 0 Å². The highest BCUT2D eigenvalue weighted by atomic mass is 16.5. The Hall–Kier alpha value is -0.940. The van der Waals surface area contributed by atoms with Crippen molar-refractivity contribution in [3.05, 3.63) is 11.6 Å². The number of nitrogens with one attached hydrogen (secondary N) is 1. The van der Waals surface area contributed by atoms with Gasteiger partial charge in [-0.3, -0.25) is 0 Å². The SMILES string of the molecule is COCCNCC(C)n1nc(C)nc1C. The molecule has 1 heterocycles. The highest BCUT2D eigenvalue weighted by Gasteiger charge is 2.09. The summed E-state index contributed by atoms with van der Waals surface area (Å²) in [5, 5.41) is 7.65. The van der Waals surface area contributed by atoms with Crippen molar-refractivity contribution in [1.82, 2.24) is 20.1 Å². The van der Waals surface area contributed by atoms with Gasteiger partial charge in [0.2, 0.25) is 0 Å². The van der Waals surface area contributed by atoms with E-state index < -0.39 is 0 Å². The van der Waals surface area contributed by atoms with Gasteiger partial charge >= 0.3 is 0 Å². The average Bonchev–Trinajstić information content (AvgIpc) is 2.52. The summed E-state index contributed by atoms with van der Waals surface area (Å²) in [5.74, 6) is 1.80. The molecule has 86 valence electrons. The van der Waals surface area contributed by atoms with Gasteiger partial charge < -0.3 is 10.1 Å². The second kappa shape index (κ2) is 5.82. The van der Waals surface area contributed by atoms with Gasteiger partial charge in [0.05, 0.1) is 12.6 Å². The van der Waals surface area contributed by atoms with E-state index in [1.54, 1.807) is 7.11 Å². The standard InChI is InChI=1S/C10H20N4O/c1-8(7-11-5-6-15-4)14-10(3)12-9(2)13-14/h8,11H,5-7H2,1-4H3. The Morgan fingerprint density at radius 3 is 2.73 bits per heavy atom. The Kier molecular flexibility index (Phi) is 4.71. The van der Waals surface area contributed by atoms with E-state index in [0.29, 0.717) is 6.04 Å². The van der Waals surface area contributed by atoms with Crippen LogP contribution in [-0.4, -0.2) is 41.6 Å². The Labute approximate surface area is 90.8 Å². The topological polar surface area (TPSA) is 52.0 Å². The maximum atomic E-state index is 4.96. The smallest absolute Gasteiger partial charge is 0.147 e. The predicted octanol–water partition coefficient (Wildman–Crippen LogP) is 0.692. The van der Waals surface area contributed by atoms with Crippen molar-refractivity contribution in [2.45, 2.75) is 26.8 Å². The minimum absolute atomic E-state index is 0.322. The van der Waals surface area contributed by atoms with E-state index in [2.05, 4.69) is 22.3 Å². The number of rotatable bonds is 6. The molecule has 1 aromatic heterocycles. The van der Waals surface area contributed by atoms with Gasteiger partial charge in [-0.2, -0.15) is 5.10 Å². The van der Waals surface area contributed by atoms with Gasteiger partial charge in [-0.15, -0.1) is 0 Å². The summed E-state index contributed by atoms with van der Waals surface area (Å²) in [6, 6.07) is 0.322. The molecule has 0 radical (unpaired) electrons. The summed E-state index contributed by atoms with van der Waals surface area (Å²) in [5.41, 5.74) is 0. The Bertz CT molecular complexity index is 298. The number of hydrogen-bond donors (Lipinski definition) is 1. The summed E-state index contributed by atoms with van der Waals surface area (Å²) < 4.78 is 6.91. The zero-order chi connectivity index (χ0) is 11.3. The molecular formula is C10H20N4O. The molecule has 0 saturated carbocycles. The quantitative estimate of drug-likeness (QED) is 0.705. The van der Waals surface area contributed by atoms with Crippen LogP contribution < -0.4 is 5.32 Å². The molecule has 0 bridgehead atoms. The maximum Gasteiger partial charge on any atom is 0.147 e. The molecule has 5 heteroatoms. The monoisotopic (exact) mass is 212 g/mol. The fourth-order valence-corrected chi connectivity index (χ4v) is 1.53. The molecule has 15 heavy (non-hydrogen) atoms. The van der Waals surface area contributed by atoms with E-state index in [1.165, 1.54) is 0 Å². The first-order chi connectivity index (χ1) is 7.15. The minimum atomic E-state index is 0.322. The molecule has 0 fully saturated rings. The normalized spacial score (nSPS) is 13.1. The number of aromatic nitrogens is 3. The van der Waals surface area contributed by atoms with Gasteiger partial charge in [-0.1, -0.05) is 0 Å². The summed E-state index contributed by atoms with van der Waals surface area (Å²) in [7, 11) is 1.70. The van der Waals surface area contributed by atoms with Crippen molar-refractivity contribution in [2.75, 3.05) is 26.8 Å². The molecule has 1 rings (SSSR count). The van der Waals surface area contributed by atoms with Gasteiger partial charge in [0.25, 0.3) is 0 Å². The zero-order valence-corrected chi connectivity index (χ0v) is 9.95. The van der Waals surface area contributed by atoms with Crippen molar-refractivity contribution in [3.8, 4) is 0 Å². The lowest BCUT2D eigenvalue weighted by atomic mass is 10.3. The molecule has 1 unspecified atom stereocenters. The molecule has 0 aliphatic carbocycles. The number of ether oxygens (including phenoxy) is 1. The van der Waals surface area contributed by atoms with Crippen molar-refractivity contribution < 1.29 is 4.74 Å². The highest BCUT2D eigenvalue weighted by molar-refractivity contribution is 4.89. The van der Waals surface area contributed by atoms with Crippen LogP contribution >= 0.6 is 0 Å². The largest absolute Gasteiger partial charge is 0.383 e. The summed E-state index contributed by atoms with van der Waals surface area (Å²) in [6.07, 6.45) is 0. The Morgan fingerprint density at radius 1 is 1.47 bits per heavy atom. The second-order valence-corrected chi connectivity index (χ2v) is 3.70. The molecule has 1 atom stereocenters. The molecular weight excluding hydrogens is 192 g/mol. The lowest BCUT2D eigenvalue weighted by Gasteiger charge is -2.13. The van der Waals surface area contributed by atoms with E-state index in [0.717, 1.165) is 31.3 Å². The molecule has 1 N–H and O–H groups in total. The van der Waals surface area contributed by atoms with Gasteiger partial charge in [-0.05, 0) is 20.8 Å². The minimum Gasteiger partial charge on any atom is -0.383 e. The summed E-state index contributed by atoms with van der Waals surface area (Å²) >= 11 is 0. The van der Waals surface area contributed by atoms with Crippen LogP contribution in [0.15, 0.2) is 0 Å². The van der Waals surface area contributed by atoms with E-state index in [4.69, 9.17) is 4.74 Å². The fourth-order valence-electron chi connectivity index (χ4n) is 1.53. The van der Waals surface area contributed by atoms with Crippen molar-refractivity contribution >= 4 is 0 Å². The Balaban J connectivity index is 2.39. The van der Waals surface area contributed by atoms with Crippen LogP contribution in [0.1, 0.15) is 24.6 Å². The van der Waals surface area contributed by atoms with Crippen LogP contribution in [-0.2, 0) is 4.74 Å². The number of methoxy groups -OCH3 is 1. The molecule has 0 aliphatic heterocycles. The molecule has 0 spiro atoms.